The maximum atomic E-state index is 4.30. The van der Waals surface area contributed by atoms with Gasteiger partial charge in [0, 0.05) is 6.54 Å². The normalized spacial score (nSPS) is 21.8. The lowest BCUT2D eigenvalue weighted by Gasteiger charge is -2.14. The molecule has 0 saturated carbocycles. The molecular weight excluding hydrogens is 290 g/mol. The van der Waals surface area contributed by atoms with E-state index in [0.717, 1.165) is 30.7 Å². The van der Waals surface area contributed by atoms with Crippen molar-refractivity contribution in [1.82, 2.24) is 15.0 Å². The molecule has 1 aromatic rings. The van der Waals surface area contributed by atoms with E-state index >= 15 is 0 Å². The van der Waals surface area contributed by atoms with Crippen molar-refractivity contribution in [1.29, 1.82) is 0 Å². The molecule has 0 aliphatic carbocycles. The van der Waals surface area contributed by atoms with Gasteiger partial charge in [0.1, 0.15) is 0 Å². The molecule has 1 saturated heterocycles. The SMILES string of the molecule is CC(C)CCCCCCCn1nncc1CC1CSCC1C. The summed E-state index contributed by atoms with van der Waals surface area (Å²) in [5, 5.41) is 8.44. The maximum Gasteiger partial charge on any atom is 0.0725 e. The Hall–Kier alpha value is -0.510. The molecule has 1 aliphatic heterocycles. The van der Waals surface area contributed by atoms with Crippen molar-refractivity contribution in [3.63, 3.8) is 0 Å². The number of rotatable bonds is 10. The van der Waals surface area contributed by atoms with Gasteiger partial charge in [0.15, 0.2) is 0 Å². The molecule has 1 fully saturated rings. The highest BCUT2D eigenvalue weighted by Gasteiger charge is 2.25. The van der Waals surface area contributed by atoms with Crippen molar-refractivity contribution in [3.05, 3.63) is 11.9 Å². The summed E-state index contributed by atoms with van der Waals surface area (Å²) >= 11 is 2.10. The first-order valence-corrected chi connectivity index (χ1v) is 10.3. The molecule has 1 aliphatic rings. The van der Waals surface area contributed by atoms with Crippen LogP contribution in [-0.2, 0) is 13.0 Å². The van der Waals surface area contributed by atoms with E-state index in [0.29, 0.717) is 0 Å². The van der Waals surface area contributed by atoms with E-state index in [4.69, 9.17) is 0 Å². The van der Waals surface area contributed by atoms with Crippen molar-refractivity contribution < 1.29 is 0 Å². The minimum Gasteiger partial charge on any atom is -0.249 e. The molecule has 2 heterocycles. The third-order valence-electron chi connectivity index (χ3n) is 4.84. The van der Waals surface area contributed by atoms with Crippen LogP contribution >= 0.6 is 11.8 Å². The van der Waals surface area contributed by atoms with Crippen LogP contribution in [0.2, 0.25) is 0 Å². The molecule has 3 nitrogen and oxygen atoms in total. The Morgan fingerprint density at radius 3 is 2.68 bits per heavy atom. The van der Waals surface area contributed by atoms with Gasteiger partial charge in [0.05, 0.1) is 11.9 Å². The van der Waals surface area contributed by atoms with Gasteiger partial charge in [-0.25, -0.2) is 4.68 Å². The molecule has 0 N–H and O–H groups in total. The van der Waals surface area contributed by atoms with Crippen LogP contribution in [0, 0.1) is 17.8 Å². The van der Waals surface area contributed by atoms with E-state index in [2.05, 4.69) is 47.5 Å². The smallest absolute Gasteiger partial charge is 0.0725 e. The van der Waals surface area contributed by atoms with Gasteiger partial charge in [-0.05, 0) is 42.1 Å². The molecule has 0 aromatic carbocycles. The molecule has 4 heteroatoms. The van der Waals surface area contributed by atoms with Crippen molar-refractivity contribution in [2.24, 2.45) is 17.8 Å². The van der Waals surface area contributed by atoms with Crippen LogP contribution in [-0.4, -0.2) is 26.5 Å². The van der Waals surface area contributed by atoms with Crippen LogP contribution in [0.15, 0.2) is 6.20 Å². The summed E-state index contributed by atoms with van der Waals surface area (Å²) in [6.45, 7) is 8.07. The first kappa shape index (κ1) is 17.8. The Labute approximate surface area is 140 Å². The Bertz CT molecular complexity index is 416. The first-order valence-electron chi connectivity index (χ1n) is 9.12. The largest absolute Gasteiger partial charge is 0.249 e. The molecule has 22 heavy (non-hydrogen) atoms. The number of hydrogen-bond acceptors (Lipinski definition) is 3. The Balaban J connectivity index is 1.63. The van der Waals surface area contributed by atoms with Gasteiger partial charge in [-0.3, -0.25) is 0 Å². The summed E-state index contributed by atoms with van der Waals surface area (Å²) in [5.74, 6) is 5.14. The van der Waals surface area contributed by atoms with Crippen LogP contribution in [0.1, 0.15) is 65.0 Å². The van der Waals surface area contributed by atoms with Crippen LogP contribution in [0.4, 0.5) is 0 Å². The molecule has 126 valence electrons. The summed E-state index contributed by atoms with van der Waals surface area (Å²) in [5.41, 5.74) is 1.35. The number of nitrogens with zero attached hydrogens (tertiary/aromatic N) is 3. The van der Waals surface area contributed by atoms with Gasteiger partial charge in [0.25, 0.3) is 0 Å². The average molecular weight is 324 g/mol. The van der Waals surface area contributed by atoms with E-state index in [1.165, 1.54) is 55.7 Å². The summed E-state index contributed by atoms with van der Waals surface area (Å²) in [6, 6.07) is 0. The molecule has 0 radical (unpaired) electrons. The maximum absolute atomic E-state index is 4.30. The summed E-state index contributed by atoms with van der Waals surface area (Å²) in [4.78, 5) is 0. The summed E-state index contributed by atoms with van der Waals surface area (Å²) in [7, 11) is 0. The second kappa shape index (κ2) is 9.59. The molecular formula is C18H33N3S. The van der Waals surface area contributed by atoms with E-state index in [1.54, 1.807) is 0 Å². The molecule has 0 amide bonds. The van der Waals surface area contributed by atoms with Gasteiger partial charge in [-0.1, -0.05) is 58.1 Å². The second-order valence-electron chi connectivity index (χ2n) is 7.38. The molecule has 1 aromatic heterocycles. The summed E-state index contributed by atoms with van der Waals surface area (Å²) < 4.78 is 2.16. The minimum absolute atomic E-state index is 0.818. The fraction of sp³-hybridized carbons (Fsp3) is 0.889. The standard InChI is InChI=1S/C18H33N3S/c1-15(2)9-7-5-4-6-8-10-21-18(12-19-20-21)11-17-14-22-13-16(17)3/h12,15-17H,4-11,13-14H2,1-3H3. The van der Waals surface area contributed by atoms with Gasteiger partial charge < -0.3 is 0 Å². The Morgan fingerprint density at radius 1 is 1.18 bits per heavy atom. The van der Waals surface area contributed by atoms with E-state index in [1.807, 2.05) is 6.20 Å². The minimum atomic E-state index is 0.818. The molecule has 0 bridgehead atoms. The van der Waals surface area contributed by atoms with Gasteiger partial charge in [-0.2, -0.15) is 11.8 Å². The fourth-order valence-corrected chi connectivity index (χ4v) is 4.73. The molecule has 2 atom stereocenters. The fourth-order valence-electron chi connectivity index (χ4n) is 3.20. The van der Waals surface area contributed by atoms with Crippen molar-refractivity contribution in [2.45, 2.75) is 72.3 Å². The number of aryl methyl sites for hydroxylation is 1. The Kier molecular flexibility index (Phi) is 7.77. The highest BCUT2D eigenvalue weighted by Crippen LogP contribution is 2.31. The Morgan fingerprint density at radius 2 is 1.95 bits per heavy atom. The second-order valence-corrected chi connectivity index (χ2v) is 8.45. The van der Waals surface area contributed by atoms with E-state index in [-0.39, 0.29) is 0 Å². The lowest BCUT2D eigenvalue weighted by molar-refractivity contribution is 0.424. The number of hydrogen-bond donors (Lipinski definition) is 0. The molecule has 2 unspecified atom stereocenters. The lowest BCUT2D eigenvalue weighted by Crippen LogP contribution is -2.15. The summed E-state index contributed by atoms with van der Waals surface area (Å²) in [6.07, 6.45) is 11.2. The molecule has 0 spiro atoms. The van der Waals surface area contributed by atoms with Crippen LogP contribution < -0.4 is 0 Å². The topological polar surface area (TPSA) is 30.7 Å². The quantitative estimate of drug-likeness (QED) is 0.579. The predicted octanol–water partition coefficient (Wildman–Crippen LogP) is 4.82. The predicted molar refractivity (Wildman–Crippen MR) is 96.2 cm³/mol. The average Bonchev–Trinajstić information content (AvgIpc) is 3.08. The lowest BCUT2D eigenvalue weighted by atomic mass is 9.93. The van der Waals surface area contributed by atoms with Crippen LogP contribution in [0.3, 0.4) is 0 Å². The zero-order valence-electron chi connectivity index (χ0n) is 14.6. The monoisotopic (exact) mass is 323 g/mol. The van der Waals surface area contributed by atoms with Crippen molar-refractivity contribution >= 4 is 11.8 Å². The number of unbranched alkanes of at least 4 members (excludes halogenated alkanes) is 4. The van der Waals surface area contributed by atoms with Gasteiger partial charge in [0.2, 0.25) is 0 Å². The molecule has 2 rings (SSSR count). The van der Waals surface area contributed by atoms with Gasteiger partial charge in [-0.15, -0.1) is 5.10 Å². The van der Waals surface area contributed by atoms with Crippen molar-refractivity contribution in [2.75, 3.05) is 11.5 Å². The van der Waals surface area contributed by atoms with Gasteiger partial charge >= 0.3 is 0 Å². The van der Waals surface area contributed by atoms with E-state index < -0.39 is 0 Å². The highest BCUT2D eigenvalue weighted by molar-refractivity contribution is 7.99. The van der Waals surface area contributed by atoms with Crippen LogP contribution in [0.5, 0.6) is 0 Å². The van der Waals surface area contributed by atoms with Crippen LogP contribution in [0.25, 0.3) is 0 Å². The van der Waals surface area contributed by atoms with Crippen molar-refractivity contribution in [3.8, 4) is 0 Å². The number of aromatic nitrogens is 3. The number of thioether (sulfide) groups is 1. The third-order valence-corrected chi connectivity index (χ3v) is 6.26. The first-order chi connectivity index (χ1) is 10.7. The zero-order valence-corrected chi connectivity index (χ0v) is 15.4. The third kappa shape index (κ3) is 5.94. The zero-order chi connectivity index (χ0) is 15.8. The van der Waals surface area contributed by atoms with E-state index in [9.17, 15) is 0 Å². The highest BCUT2D eigenvalue weighted by atomic mass is 32.2.